The number of nitrogens with zero attached hydrogens (tertiary/aromatic N) is 1. The Morgan fingerprint density at radius 1 is 1.05 bits per heavy atom. The third-order valence-corrected chi connectivity index (χ3v) is 4.20. The van der Waals surface area contributed by atoms with Gasteiger partial charge in [-0.2, -0.15) is 0 Å². The van der Waals surface area contributed by atoms with Gasteiger partial charge in [0.1, 0.15) is 0 Å². The van der Waals surface area contributed by atoms with Crippen LogP contribution in [0.25, 0.3) is 0 Å². The number of aromatic nitrogens is 1. The first kappa shape index (κ1) is 14.6. The Bertz CT molecular complexity index is 558. The number of rotatable bonds is 4. The summed E-state index contributed by atoms with van der Waals surface area (Å²) in [5, 5.41) is 4.76. The lowest BCUT2D eigenvalue weighted by Crippen LogP contribution is -2.18. The van der Waals surface area contributed by atoms with E-state index in [0.717, 1.165) is 17.7 Å². The van der Waals surface area contributed by atoms with Gasteiger partial charge in [0, 0.05) is 25.0 Å². The van der Waals surface area contributed by atoms with Gasteiger partial charge < -0.3 is 5.32 Å². The minimum atomic E-state index is 0.0791. The van der Waals surface area contributed by atoms with Crippen molar-refractivity contribution in [2.45, 2.75) is 19.5 Å². The standard InChI is InChI=1S/C14H13Cl3N2/c1-9(19-8-10-4-6-18-7-5-10)11-2-3-12(15)14(17)13(11)16/h2-7,9,19H,8H2,1H3. The van der Waals surface area contributed by atoms with Crippen molar-refractivity contribution in [2.24, 2.45) is 0 Å². The van der Waals surface area contributed by atoms with E-state index in [-0.39, 0.29) is 6.04 Å². The fourth-order valence-corrected chi connectivity index (χ4v) is 2.46. The molecule has 0 aliphatic heterocycles. The van der Waals surface area contributed by atoms with Gasteiger partial charge in [-0.05, 0) is 36.2 Å². The molecule has 1 aromatic heterocycles. The summed E-state index contributed by atoms with van der Waals surface area (Å²) in [5.41, 5.74) is 2.10. The van der Waals surface area contributed by atoms with Crippen LogP contribution in [0.1, 0.15) is 24.1 Å². The molecule has 0 amide bonds. The maximum absolute atomic E-state index is 6.21. The predicted molar refractivity (Wildman–Crippen MR) is 81.0 cm³/mol. The molecule has 100 valence electrons. The van der Waals surface area contributed by atoms with Gasteiger partial charge in [0.25, 0.3) is 0 Å². The van der Waals surface area contributed by atoms with Crippen LogP contribution in [-0.2, 0) is 6.54 Å². The molecule has 0 saturated carbocycles. The van der Waals surface area contributed by atoms with Gasteiger partial charge in [0.2, 0.25) is 0 Å². The number of hydrogen-bond donors (Lipinski definition) is 1. The second-order valence-electron chi connectivity index (χ2n) is 4.22. The second-order valence-corrected chi connectivity index (χ2v) is 5.39. The minimum absolute atomic E-state index is 0.0791. The number of nitrogens with one attached hydrogen (secondary N) is 1. The molecule has 1 N–H and O–H groups in total. The van der Waals surface area contributed by atoms with Crippen LogP contribution < -0.4 is 5.32 Å². The van der Waals surface area contributed by atoms with E-state index in [9.17, 15) is 0 Å². The van der Waals surface area contributed by atoms with Crippen molar-refractivity contribution < 1.29 is 0 Å². The average molecular weight is 316 g/mol. The van der Waals surface area contributed by atoms with Crippen molar-refractivity contribution in [1.82, 2.24) is 10.3 Å². The van der Waals surface area contributed by atoms with E-state index in [4.69, 9.17) is 34.8 Å². The van der Waals surface area contributed by atoms with Crippen LogP contribution in [0.3, 0.4) is 0 Å². The van der Waals surface area contributed by atoms with E-state index in [0.29, 0.717) is 15.1 Å². The van der Waals surface area contributed by atoms with Crippen LogP contribution in [0.2, 0.25) is 15.1 Å². The van der Waals surface area contributed by atoms with Crippen molar-refractivity contribution >= 4 is 34.8 Å². The van der Waals surface area contributed by atoms with Crippen molar-refractivity contribution in [2.75, 3.05) is 0 Å². The molecule has 1 unspecified atom stereocenters. The van der Waals surface area contributed by atoms with Gasteiger partial charge in [-0.3, -0.25) is 4.98 Å². The zero-order valence-corrected chi connectivity index (χ0v) is 12.6. The highest BCUT2D eigenvalue weighted by Gasteiger charge is 2.13. The van der Waals surface area contributed by atoms with Crippen LogP contribution in [0.5, 0.6) is 0 Å². The van der Waals surface area contributed by atoms with Crippen molar-refractivity contribution in [3.63, 3.8) is 0 Å². The summed E-state index contributed by atoms with van der Waals surface area (Å²) in [5.74, 6) is 0. The van der Waals surface area contributed by atoms with Crippen LogP contribution in [0.15, 0.2) is 36.7 Å². The molecular weight excluding hydrogens is 303 g/mol. The van der Waals surface area contributed by atoms with Crippen molar-refractivity contribution in [1.29, 1.82) is 0 Å². The fourth-order valence-electron chi connectivity index (χ4n) is 1.76. The second kappa shape index (κ2) is 6.58. The summed E-state index contributed by atoms with van der Waals surface area (Å²) in [6.07, 6.45) is 3.54. The van der Waals surface area contributed by atoms with Crippen LogP contribution >= 0.6 is 34.8 Å². The Hall–Kier alpha value is -0.800. The van der Waals surface area contributed by atoms with E-state index < -0.39 is 0 Å². The summed E-state index contributed by atoms with van der Waals surface area (Å²) in [4.78, 5) is 3.99. The first-order chi connectivity index (χ1) is 9.09. The first-order valence-electron chi connectivity index (χ1n) is 5.85. The smallest absolute Gasteiger partial charge is 0.0781 e. The van der Waals surface area contributed by atoms with E-state index in [1.54, 1.807) is 18.5 Å². The maximum atomic E-state index is 6.21. The molecule has 1 aromatic carbocycles. The summed E-state index contributed by atoms with van der Waals surface area (Å²) in [6.45, 7) is 2.77. The number of halogens is 3. The van der Waals surface area contributed by atoms with Crippen LogP contribution in [0, 0.1) is 0 Å². The Balaban J connectivity index is 2.08. The molecule has 0 aliphatic rings. The fraction of sp³-hybridized carbons (Fsp3) is 0.214. The highest BCUT2D eigenvalue weighted by molar-refractivity contribution is 6.48. The Kier molecular flexibility index (Phi) is 5.06. The highest BCUT2D eigenvalue weighted by Crippen LogP contribution is 2.35. The lowest BCUT2D eigenvalue weighted by Gasteiger charge is -2.17. The molecular formula is C14H13Cl3N2. The van der Waals surface area contributed by atoms with Gasteiger partial charge >= 0.3 is 0 Å². The Labute approximate surface area is 127 Å². The molecule has 0 aliphatic carbocycles. The SMILES string of the molecule is CC(NCc1ccncc1)c1ccc(Cl)c(Cl)c1Cl. The molecule has 2 nitrogen and oxygen atoms in total. The van der Waals surface area contributed by atoms with E-state index in [1.165, 1.54) is 0 Å². The van der Waals surface area contributed by atoms with Gasteiger partial charge in [0.05, 0.1) is 15.1 Å². The summed E-state index contributed by atoms with van der Waals surface area (Å²) in [7, 11) is 0. The molecule has 2 rings (SSSR count). The van der Waals surface area contributed by atoms with E-state index >= 15 is 0 Å². The van der Waals surface area contributed by atoms with Gasteiger partial charge in [-0.15, -0.1) is 0 Å². The average Bonchev–Trinajstić information content (AvgIpc) is 2.43. The Morgan fingerprint density at radius 3 is 2.42 bits per heavy atom. The summed E-state index contributed by atoms with van der Waals surface area (Å²) < 4.78 is 0. The van der Waals surface area contributed by atoms with Crippen molar-refractivity contribution in [3.8, 4) is 0 Å². The highest BCUT2D eigenvalue weighted by atomic mass is 35.5. The topological polar surface area (TPSA) is 24.9 Å². The first-order valence-corrected chi connectivity index (χ1v) is 6.98. The third-order valence-electron chi connectivity index (χ3n) is 2.89. The number of hydrogen-bond acceptors (Lipinski definition) is 2. The molecule has 2 aromatic rings. The molecule has 1 atom stereocenters. The molecule has 0 radical (unpaired) electrons. The molecule has 5 heteroatoms. The maximum Gasteiger partial charge on any atom is 0.0781 e. The third kappa shape index (κ3) is 3.61. The van der Waals surface area contributed by atoms with Crippen LogP contribution in [0.4, 0.5) is 0 Å². The quantitative estimate of drug-likeness (QED) is 0.812. The molecule has 0 spiro atoms. The van der Waals surface area contributed by atoms with Crippen LogP contribution in [-0.4, -0.2) is 4.98 Å². The number of benzene rings is 1. The normalized spacial score (nSPS) is 12.4. The zero-order chi connectivity index (χ0) is 13.8. The van der Waals surface area contributed by atoms with E-state index in [1.807, 2.05) is 25.1 Å². The van der Waals surface area contributed by atoms with E-state index in [2.05, 4.69) is 10.3 Å². The van der Waals surface area contributed by atoms with Gasteiger partial charge in [-0.25, -0.2) is 0 Å². The zero-order valence-electron chi connectivity index (χ0n) is 10.3. The largest absolute Gasteiger partial charge is 0.306 e. The van der Waals surface area contributed by atoms with Crippen molar-refractivity contribution in [3.05, 3.63) is 62.9 Å². The van der Waals surface area contributed by atoms with Gasteiger partial charge in [0.15, 0.2) is 0 Å². The molecule has 1 heterocycles. The number of pyridine rings is 1. The molecule has 0 saturated heterocycles. The Morgan fingerprint density at radius 2 is 1.74 bits per heavy atom. The summed E-state index contributed by atoms with van der Waals surface area (Å²) in [6, 6.07) is 7.67. The lowest BCUT2D eigenvalue weighted by molar-refractivity contribution is 0.574. The minimum Gasteiger partial charge on any atom is -0.306 e. The molecule has 0 fully saturated rings. The lowest BCUT2D eigenvalue weighted by atomic mass is 10.1. The van der Waals surface area contributed by atoms with Gasteiger partial charge in [-0.1, -0.05) is 40.9 Å². The molecule has 19 heavy (non-hydrogen) atoms. The summed E-state index contributed by atoms with van der Waals surface area (Å²) >= 11 is 18.2. The molecule has 0 bridgehead atoms. The monoisotopic (exact) mass is 314 g/mol. The predicted octanol–water partition coefficient (Wildman–Crippen LogP) is 4.89.